The first-order valence-electron chi connectivity index (χ1n) is 5.50. The number of phenols is 1. The number of hydrogen-bond donors (Lipinski definition) is 3. The molecule has 2 aromatic rings. The quantitative estimate of drug-likeness (QED) is 0.561. The van der Waals surface area contributed by atoms with Gasteiger partial charge in [-0.25, -0.2) is 4.79 Å². The average Bonchev–Trinajstić information content (AvgIpc) is 2.85. The lowest BCUT2D eigenvalue weighted by atomic mass is 10.1. The van der Waals surface area contributed by atoms with E-state index in [1.54, 1.807) is 18.2 Å². The molecule has 0 aliphatic heterocycles. The molecule has 5 heteroatoms. The first kappa shape index (κ1) is 13.6. The van der Waals surface area contributed by atoms with Gasteiger partial charge in [0.05, 0.1) is 11.3 Å². The van der Waals surface area contributed by atoms with Crippen molar-refractivity contribution in [1.82, 2.24) is 0 Å². The molecular formula is C13H15NO4. The molecule has 1 heterocycles. The van der Waals surface area contributed by atoms with Crippen LogP contribution in [0.5, 0.6) is 5.75 Å². The summed E-state index contributed by atoms with van der Waals surface area (Å²) in [4.78, 5) is 10.6. The highest BCUT2D eigenvalue weighted by Gasteiger charge is 2.13. The number of furan rings is 1. The number of carboxylic acid groups (broad SMARTS) is 1. The van der Waals surface area contributed by atoms with Crippen molar-refractivity contribution in [2.45, 2.75) is 13.8 Å². The average molecular weight is 249 g/mol. The molecule has 5 nitrogen and oxygen atoms in total. The van der Waals surface area contributed by atoms with Gasteiger partial charge in [0.2, 0.25) is 5.76 Å². The van der Waals surface area contributed by atoms with Crippen molar-refractivity contribution in [2.24, 2.45) is 0 Å². The van der Waals surface area contributed by atoms with Crippen molar-refractivity contribution < 1.29 is 19.4 Å². The lowest BCUT2D eigenvalue weighted by molar-refractivity contribution is 0.0663. The number of rotatable bonds is 2. The normalized spacial score (nSPS) is 9.44. The Labute approximate surface area is 104 Å². The van der Waals surface area contributed by atoms with Crippen LogP contribution in [0.4, 0.5) is 5.69 Å². The molecule has 18 heavy (non-hydrogen) atoms. The molecule has 1 aromatic heterocycles. The lowest BCUT2D eigenvalue weighted by Crippen LogP contribution is -1.91. The lowest BCUT2D eigenvalue weighted by Gasteiger charge is -2.03. The maximum absolute atomic E-state index is 10.6. The number of aromatic carboxylic acids is 1. The second-order valence-corrected chi connectivity index (χ2v) is 3.21. The van der Waals surface area contributed by atoms with E-state index < -0.39 is 5.97 Å². The van der Waals surface area contributed by atoms with E-state index in [9.17, 15) is 9.90 Å². The first-order chi connectivity index (χ1) is 8.59. The molecule has 0 saturated heterocycles. The van der Waals surface area contributed by atoms with Gasteiger partial charge in [-0.05, 0) is 24.3 Å². The number of phenolic OH excluding ortho intramolecular Hbond substituents is 1. The van der Waals surface area contributed by atoms with Gasteiger partial charge in [-0.15, -0.1) is 0 Å². The van der Waals surface area contributed by atoms with Crippen molar-refractivity contribution >= 4 is 11.7 Å². The molecule has 0 saturated carbocycles. The highest BCUT2D eigenvalue weighted by atomic mass is 16.4. The Bertz CT molecular complexity index is 546. The third-order valence-electron chi connectivity index (χ3n) is 2.15. The maximum Gasteiger partial charge on any atom is 0.371 e. The summed E-state index contributed by atoms with van der Waals surface area (Å²) in [6.45, 7) is 4.00. The monoisotopic (exact) mass is 249 g/mol. The molecule has 0 spiro atoms. The number of benzene rings is 1. The van der Waals surface area contributed by atoms with Gasteiger partial charge in [-0.3, -0.25) is 0 Å². The largest absolute Gasteiger partial charge is 0.505 e. The van der Waals surface area contributed by atoms with Crippen LogP contribution < -0.4 is 5.73 Å². The van der Waals surface area contributed by atoms with E-state index in [1.807, 2.05) is 13.8 Å². The van der Waals surface area contributed by atoms with E-state index in [0.717, 1.165) is 0 Å². The van der Waals surface area contributed by atoms with Crippen molar-refractivity contribution in [3.05, 3.63) is 36.1 Å². The Morgan fingerprint density at radius 1 is 1.22 bits per heavy atom. The molecule has 0 radical (unpaired) electrons. The zero-order chi connectivity index (χ0) is 13.7. The van der Waals surface area contributed by atoms with Gasteiger partial charge in [0, 0.05) is 0 Å². The molecular weight excluding hydrogens is 234 g/mol. The van der Waals surface area contributed by atoms with Crippen LogP contribution >= 0.6 is 0 Å². The number of aromatic hydroxyl groups is 1. The summed E-state index contributed by atoms with van der Waals surface area (Å²) >= 11 is 0. The van der Waals surface area contributed by atoms with E-state index in [2.05, 4.69) is 0 Å². The predicted molar refractivity (Wildman–Crippen MR) is 68.5 cm³/mol. The van der Waals surface area contributed by atoms with Gasteiger partial charge in [0.15, 0.2) is 0 Å². The molecule has 2 rings (SSSR count). The minimum Gasteiger partial charge on any atom is -0.505 e. The second kappa shape index (κ2) is 5.77. The zero-order valence-electron chi connectivity index (χ0n) is 10.2. The number of anilines is 1. The van der Waals surface area contributed by atoms with Gasteiger partial charge in [0.1, 0.15) is 11.5 Å². The molecule has 0 bridgehead atoms. The van der Waals surface area contributed by atoms with E-state index in [-0.39, 0.29) is 23.0 Å². The van der Waals surface area contributed by atoms with Gasteiger partial charge in [-0.2, -0.15) is 0 Å². The Morgan fingerprint density at radius 2 is 1.89 bits per heavy atom. The molecule has 0 aliphatic carbocycles. The minimum atomic E-state index is -1.16. The van der Waals surface area contributed by atoms with Crippen LogP contribution in [0.3, 0.4) is 0 Å². The smallest absolute Gasteiger partial charge is 0.371 e. The fraction of sp³-hybridized carbons (Fsp3) is 0.154. The standard InChI is InChI=1S/C11H9NO4.C2H6/c12-7-3-1-2-6(10(7)13)8-4-5-9(16-8)11(14)15;1-2/h1-5,13H,12H2,(H,14,15);1-2H3. The maximum atomic E-state index is 10.6. The van der Waals surface area contributed by atoms with Crippen LogP contribution in [-0.4, -0.2) is 16.2 Å². The van der Waals surface area contributed by atoms with Crippen LogP contribution in [-0.2, 0) is 0 Å². The van der Waals surface area contributed by atoms with E-state index in [0.29, 0.717) is 5.56 Å². The molecule has 0 amide bonds. The fourth-order valence-corrected chi connectivity index (χ4v) is 1.36. The summed E-state index contributed by atoms with van der Waals surface area (Å²) in [6.07, 6.45) is 0. The Morgan fingerprint density at radius 3 is 2.44 bits per heavy atom. The predicted octanol–water partition coefficient (Wildman–Crippen LogP) is 2.96. The summed E-state index contributed by atoms with van der Waals surface area (Å²) in [5.41, 5.74) is 6.10. The topological polar surface area (TPSA) is 96.7 Å². The van der Waals surface area contributed by atoms with Crippen LogP contribution in [0.15, 0.2) is 34.7 Å². The summed E-state index contributed by atoms with van der Waals surface area (Å²) in [6, 6.07) is 7.57. The molecule has 0 unspecified atom stereocenters. The number of carboxylic acids is 1. The Hall–Kier alpha value is -2.43. The number of carbonyl (C=O) groups is 1. The van der Waals surface area contributed by atoms with Gasteiger partial charge in [-0.1, -0.05) is 19.9 Å². The van der Waals surface area contributed by atoms with Crippen molar-refractivity contribution in [1.29, 1.82) is 0 Å². The SMILES string of the molecule is CC.Nc1cccc(-c2ccc(C(=O)O)o2)c1O. The molecule has 0 aliphatic rings. The first-order valence-corrected chi connectivity index (χ1v) is 5.50. The molecule has 1 aromatic carbocycles. The third-order valence-corrected chi connectivity index (χ3v) is 2.15. The van der Waals surface area contributed by atoms with E-state index in [1.165, 1.54) is 12.1 Å². The highest BCUT2D eigenvalue weighted by Crippen LogP contribution is 2.34. The fourth-order valence-electron chi connectivity index (χ4n) is 1.36. The van der Waals surface area contributed by atoms with Gasteiger partial charge < -0.3 is 20.4 Å². The molecule has 4 N–H and O–H groups in total. The zero-order valence-corrected chi connectivity index (χ0v) is 10.2. The van der Waals surface area contributed by atoms with Crippen molar-refractivity contribution in [2.75, 3.05) is 5.73 Å². The highest BCUT2D eigenvalue weighted by molar-refractivity contribution is 5.85. The van der Waals surface area contributed by atoms with Crippen LogP contribution in [0.25, 0.3) is 11.3 Å². The third kappa shape index (κ3) is 2.63. The van der Waals surface area contributed by atoms with Crippen LogP contribution in [0.1, 0.15) is 24.4 Å². The number of nitrogen functional groups attached to an aromatic ring is 1. The Balaban J connectivity index is 0.000000771. The molecule has 96 valence electrons. The van der Waals surface area contributed by atoms with E-state index in [4.69, 9.17) is 15.3 Å². The van der Waals surface area contributed by atoms with Crippen molar-refractivity contribution in [3.8, 4) is 17.1 Å². The molecule has 0 atom stereocenters. The minimum absolute atomic E-state index is 0.117. The number of hydrogen-bond acceptors (Lipinski definition) is 4. The second-order valence-electron chi connectivity index (χ2n) is 3.21. The van der Waals surface area contributed by atoms with Crippen LogP contribution in [0.2, 0.25) is 0 Å². The summed E-state index contributed by atoms with van der Waals surface area (Å²) in [5.74, 6) is -1.19. The summed E-state index contributed by atoms with van der Waals surface area (Å²) < 4.78 is 5.05. The molecule has 0 fully saturated rings. The van der Waals surface area contributed by atoms with Crippen molar-refractivity contribution in [3.63, 3.8) is 0 Å². The Kier molecular flexibility index (Phi) is 4.37. The number of nitrogens with two attached hydrogens (primary N) is 1. The van der Waals surface area contributed by atoms with Crippen LogP contribution in [0, 0.1) is 0 Å². The number of para-hydroxylation sites is 1. The summed E-state index contributed by atoms with van der Waals surface area (Å²) in [7, 11) is 0. The summed E-state index contributed by atoms with van der Waals surface area (Å²) in [5, 5.41) is 18.4. The van der Waals surface area contributed by atoms with Gasteiger partial charge in [0.25, 0.3) is 0 Å². The van der Waals surface area contributed by atoms with E-state index >= 15 is 0 Å². The van der Waals surface area contributed by atoms with Gasteiger partial charge >= 0.3 is 5.97 Å².